The molecule has 8 heteroatoms. The van der Waals surface area contributed by atoms with E-state index < -0.39 is 28.0 Å². The van der Waals surface area contributed by atoms with Crippen molar-refractivity contribution < 1.29 is 19.2 Å². The molecule has 0 aliphatic heterocycles. The molecule has 2 rings (SSSR count). The number of carboxylic acid groups (broad SMARTS) is 1. The van der Waals surface area contributed by atoms with E-state index in [4.69, 9.17) is 5.11 Å². The Labute approximate surface area is 118 Å². The zero-order valence-corrected chi connectivity index (χ0v) is 10.6. The van der Waals surface area contributed by atoms with Gasteiger partial charge in [-0.05, 0) is 11.6 Å². The van der Waals surface area contributed by atoms with Crippen LogP contribution in [0.2, 0.25) is 0 Å². The summed E-state index contributed by atoms with van der Waals surface area (Å²) in [6, 6.07) is 4.94. The molecule has 0 radical (unpaired) electrons. The molecule has 0 saturated carbocycles. The Hall–Kier alpha value is -3.03. The van der Waals surface area contributed by atoms with E-state index >= 15 is 0 Å². The van der Waals surface area contributed by atoms with Crippen LogP contribution in [0.15, 0.2) is 36.7 Å². The number of nitro benzene ring substituents is 1. The third kappa shape index (κ3) is 3.30. The van der Waals surface area contributed by atoms with Crippen LogP contribution in [0.1, 0.15) is 15.9 Å². The van der Waals surface area contributed by atoms with Gasteiger partial charge in [0.2, 0.25) is 0 Å². The van der Waals surface area contributed by atoms with E-state index in [0.717, 1.165) is 11.6 Å². The second-order valence-electron chi connectivity index (χ2n) is 4.13. The number of benzene rings is 1. The van der Waals surface area contributed by atoms with E-state index in [0.29, 0.717) is 6.07 Å². The summed E-state index contributed by atoms with van der Waals surface area (Å²) < 4.78 is 13.6. The van der Waals surface area contributed by atoms with Gasteiger partial charge in [0, 0.05) is 31.1 Å². The SMILES string of the molecule is O=C(O)c1cc([N+](=O)[O-])c(NCc2cccnc2)cc1F. The monoisotopic (exact) mass is 291 g/mol. The molecule has 0 atom stereocenters. The van der Waals surface area contributed by atoms with Crippen molar-refractivity contribution in [3.63, 3.8) is 0 Å². The van der Waals surface area contributed by atoms with Crippen molar-refractivity contribution in [2.45, 2.75) is 6.54 Å². The van der Waals surface area contributed by atoms with Gasteiger partial charge in [0.25, 0.3) is 5.69 Å². The number of nitrogens with zero attached hydrogens (tertiary/aromatic N) is 2. The lowest BCUT2D eigenvalue weighted by molar-refractivity contribution is -0.384. The largest absolute Gasteiger partial charge is 0.478 e. The molecule has 0 aliphatic carbocycles. The first kappa shape index (κ1) is 14.4. The number of nitrogens with one attached hydrogen (secondary N) is 1. The number of carbonyl (C=O) groups is 1. The van der Waals surface area contributed by atoms with Crippen molar-refractivity contribution in [2.24, 2.45) is 0 Å². The highest BCUT2D eigenvalue weighted by Crippen LogP contribution is 2.28. The van der Waals surface area contributed by atoms with Crippen molar-refractivity contribution in [2.75, 3.05) is 5.32 Å². The van der Waals surface area contributed by atoms with Crippen LogP contribution in [-0.2, 0) is 6.54 Å². The minimum absolute atomic E-state index is 0.0913. The molecular formula is C13H10FN3O4. The molecule has 0 spiro atoms. The summed E-state index contributed by atoms with van der Waals surface area (Å²) >= 11 is 0. The average molecular weight is 291 g/mol. The van der Waals surface area contributed by atoms with Gasteiger partial charge in [-0.2, -0.15) is 0 Å². The highest BCUT2D eigenvalue weighted by Gasteiger charge is 2.21. The van der Waals surface area contributed by atoms with Crippen LogP contribution in [-0.4, -0.2) is 21.0 Å². The van der Waals surface area contributed by atoms with Gasteiger partial charge in [-0.25, -0.2) is 9.18 Å². The summed E-state index contributed by atoms with van der Waals surface area (Å²) in [4.78, 5) is 24.9. The number of carboxylic acids is 1. The summed E-state index contributed by atoms with van der Waals surface area (Å²) in [5.41, 5.74) is -0.591. The Balaban J connectivity index is 2.32. The van der Waals surface area contributed by atoms with Crippen LogP contribution in [0.25, 0.3) is 0 Å². The molecule has 0 saturated heterocycles. The van der Waals surface area contributed by atoms with Crippen molar-refractivity contribution >= 4 is 17.3 Å². The van der Waals surface area contributed by atoms with Gasteiger partial charge in [0.1, 0.15) is 17.1 Å². The Morgan fingerprint density at radius 3 is 2.81 bits per heavy atom. The molecular weight excluding hydrogens is 281 g/mol. The number of aromatic nitrogens is 1. The predicted molar refractivity (Wildman–Crippen MR) is 71.6 cm³/mol. The summed E-state index contributed by atoms with van der Waals surface area (Å²) in [6.07, 6.45) is 3.13. The van der Waals surface area contributed by atoms with E-state index in [2.05, 4.69) is 10.3 Å². The number of pyridine rings is 1. The van der Waals surface area contributed by atoms with E-state index in [9.17, 15) is 19.3 Å². The first-order valence-electron chi connectivity index (χ1n) is 5.83. The van der Waals surface area contributed by atoms with Crippen molar-refractivity contribution in [3.05, 3.63) is 63.7 Å². The van der Waals surface area contributed by atoms with Gasteiger partial charge in [-0.15, -0.1) is 0 Å². The van der Waals surface area contributed by atoms with Crippen molar-refractivity contribution in [1.29, 1.82) is 0 Å². The van der Waals surface area contributed by atoms with Gasteiger partial charge in [0.05, 0.1) is 4.92 Å². The minimum atomic E-state index is -1.56. The van der Waals surface area contributed by atoms with E-state index in [1.165, 1.54) is 0 Å². The summed E-state index contributed by atoms with van der Waals surface area (Å²) in [7, 11) is 0. The molecule has 0 unspecified atom stereocenters. The van der Waals surface area contributed by atoms with Crippen molar-refractivity contribution in [3.8, 4) is 0 Å². The summed E-state index contributed by atoms with van der Waals surface area (Å²) in [5.74, 6) is -2.60. The average Bonchev–Trinajstić information content (AvgIpc) is 2.45. The van der Waals surface area contributed by atoms with Gasteiger partial charge in [-0.1, -0.05) is 6.07 Å². The van der Waals surface area contributed by atoms with E-state index in [1.54, 1.807) is 24.5 Å². The molecule has 2 N–H and O–H groups in total. The third-order valence-corrected chi connectivity index (χ3v) is 2.72. The molecule has 0 aliphatic rings. The smallest absolute Gasteiger partial charge is 0.338 e. The molecule has 7 nitrogen and oxygen atoms in total. The molecule has 0 bridgehead atoms. The van der Waals surface area contributed by atoms with Crippen LogP contribution < -0.4 is 5.32 Å². The fraction of sp³-hybridized carbons (Fsp3) is 0.0769. The fourth-order valence-corrected chi connectivity index (χ4v) is 1.72. The Kier molecular flexibility index (Phi) is 4.07. The van der Waals surface area contributed by atoms with Crippen LogP contribution in [0.5, 0.6) is 0 Å². The van der Waals surface area contributed by atoms with Crippen LogP contribution in [0.3, 0.4) is 0 Å². The van der Waals surface area contributed by atoms with Gasteiger partial charge in [0.15, 0.2) is 0 Å². The quantitative estimate of drug-likeness (QED) is 0.647. The fourth-order valence-electron chi connectivity index (χ4n) is 1.72. The number of hydrogen-bond acceptors (Lipinski definition) is 5. The number of nitro groups is 1. The predicted octanol–water partition coefficient (Wildman–Crippen LogP) is 2.44. The molecule has 2 aromatic rings. The number of hydrogen-bond donors (Lipinski definition) is 2. The van der Waals surface area contributed by atoms with E-state index in [-0.39, 0.29) is 12.2 Å². The number of anilines is 1. The standard InChI is InChI=1S/C13H10FN3O4/c14-10-5-11(16-7-8-2-1-3-15-6-8)12(17(20)21)4-9(10)13(18)19/h1-6,16H,7H2,(H,18,19). The Morgan fingerprint density at radius 1 is 1.48 bits per heavy atom. The number of halogens is 1. The zero-order valence-electron chi connectivity index (χ0n) is 10.6. The number of aromatic carboxylic acids is 1. The van der Waals surface area contributed by atoms with Crippen LogP contribution in [0.4, 0.5) is 15.8 Å². The Morgan fingerprint density at radius 2 is 2.24 bits per heavy atom. The molecule has 108 valence electrons. The first-order chi connectivity index (χ1) is 9.99. The molecule has 1 heterocycles. The molecule has 1 aromatic carbocycles. The van der Waals surface area contributed by atoms with Crippen molar-refractivity contribution in [1.82, 2.24) is 4.98 Å². The second-order valence-corrected chi connectivity index (χ2v) is 4.13. The van der Waals surface area contributed by atoms with Crippen LogP contribution >= 0.6 is 0 Å². The maximum Gasteiger partial charge on any atom is 0.338 e. The lowest BCUT2D eigenvalue weighted by atomic mass is 10.1. The Bertz CT molecular complexity index is 691. The maximum absolute atomic E-state index is 13.6. The number of rotatable bonds is 5. The topological polar surface area (TPSA) is 105 Å². The van der Waals surface area contributed by atoms with Crippen LogP contribution in [0, 0.1) is 15.9 Å². The normalized spacial score (nSPS) is 10.1. The van der Waals surface area contributed by atoms with Gasteiger partial charge < -0.3 is 10.4 Å². The summed E-state index contributed by atoms with van der Waals surface area (Å²) in [5, 5.41) is 22.4. The lowest BCUT2D eigenvalue weighted by Crippen LogP contribution is -2.07. The molecule has 1 aromatic heterocycles. The highest BCUT2D eigenvalue weighted by atomic mass is 19.1. The first-order valence-corrected chi connectivity index (χ1v) is 5.83. The third-order valence-electron chi connectivity index (χ3n) is 2.72. The zero-order chi connectivity index (χ0) is 15.4. The minimum Gasteiger partial charge on any atom is -0.478 e. The molecule has 0 fully saturated rings. The second kappa shape index (κ2) is 5.95. The highest BCUT2D eigenvalue weighted by molar-refractivity contribution is 5.90. The molecule has 0 amide bonds. The lowest BCUT2D eigenvalue weighted by Gasteiger charge is -2.08. The van der Waals surface area contributed by atoms with E-state index in [1.807, 2.05) is 0 Å². The summed E-state index contributed by atoms with van der Waals surface area (Å²) in [6.45, 7) is 0.195. The van der Waals surface area contributed by atoms with Gasteiger partial charge >= 0.3 is 5.97 Å². The maximum atomic E-state index is 13.6. The molecule has 21 heavy (non-hydrogen) atoms. The van der Waals surface area contributed by atoms with Gasteiger partial charge in [-0.3, -0.25) is 15.1 Å².